The lowest BCUT2D eigenvalue weighted by molar-refractivity contribution is -0.142. The molecular formula is C12H15F3N2O2. The Bertz CT molecular complexity index is 494. The molecule has 0 aromatic carbocycles. The average molecular weight is 276 g/mol. The lowest BCUT2D eigenvalue weighted by Gasteiger charge is -2.18. The third kappa shape index (κ3) is 3.08. The van der Waals surface area contributed by atoms with Crippen LogP contribution in [0.2, 0.25) is 0 Å². The monoisotopic (exact) mass is 276 g/mol. The SMILES string of the molecule is Cn1c(CCC(F)(F)F)nc2c1CCC(C(=O)O)C2. The summed E-state index contributed by atoms with van der Waals surface area (Å²) in [6.07, 6.45) is -3.88. The van der Waals surface area contributed by atoms with Crippen LogP contribution in [0.25, 0.3) is 0 Å². The number of aromatic nitrogens is 2. The molecule has 1 aliphatic rings. The predicted molar refractivity (Wildman–Crippen MR) is 60.7 cm³/mol. The summed E-state index contributed by atoms with van der Waals surface area (Å²) in [5, 5.41) is 8.97. The Morgan fingerprint density at radius 1 is 1.53 bits per heavy atom. The molecule has 1 aliphatic carbocycles. The van der Waals surface area contributed by atoms with Crippen LogP contribution in [-0.2, 0) is 31.1 Å². The zero-order valence-corrected chi connectivity index (χ0v) is 10.5. The molecule has 1 unspecified atom stereocenters. The molecule has 0 bridgehead atoms. The number of hydrogen-bond acceptors (Lipinski definition) is 2. The topological polar surface area (TPSA) is 55.1 Å². The number of carboxylic acid groups (broad SMARTS) is 1. The van der Waals surface area contributed by atoms with Crippen molar-refractivity contribution in [2.75, 3.05) is 0 Å². The van der Waals surface area contributed by atoms with E-state index in [0.717, 1.165) is 5.69 Å². The van der Waals surface area contributed by atoms with Gasteiger partial charge in [-0.3, -0.25) is 4.79 Å². The highest BCUT2D eigenvalue weighted by molar-refractivity contribution is 5.70. The number of halogens is 3. The van der Waals surface area contributed by atoms with E-state index in [9.17, 15) is 18.0 Å². The van der Waals surface area contributed by atoms with Gasteiger partial charge in [-0.15, -0.1) is 0 Å². The second-order valence-corrected chi connectivity index (χ2v) is 4.87. The van der Waals surface area contributed by atoms with Gasteiger partial charge in [-0.25, -0.2) is 4.98 Å². The van der Waals surface area contributed by atoms with E-state index in [1.807, 2.05) is 0 Å². The highest BCUT2D eigenvalue weighted by Crippen LogP contribution is 2.28. The van der Waals surface area contributed by atoms with Gasteiger partial charge in [0.15, 0.2) is 0 Å². The first kappa shape index (κ1) is 13.9. The van der Waals surface area contributed by atoms with Gasteiger partial charge in [-0.05, 0) is 12.8 Å². The average Bonchev–Trinajstić information content (AvgIpc) is 2.62. The molecule has 4 nitrogen and oxygen atoms in total. The number of alkyl halides is 3. The van der Waals surface area contributed by atoms with Gasteiger partial charge >= 0.3 is 12.1 Å². The van der Waals surface area contributed by atoms with Gasteiger partial charge in [0.05, 0.1) is 18.0 Å². The van der Waals surface area contributed by atoms with Gasteiger partial charge in [-0.2, -0.15) is 13.2 Å². The van der Waals surface area contributed by atoms with E-state index < -0.39 is 24.5 Å². The quantitative estimate of drug-likeness (QED) is 0.919. The molecule has 106 valence electrons. The van der Waals surface area contributed by atoms with E-state index >= 15 is 0 Å². The Labute approximate surface area is 108 Å². The molecule has 2 rings (SSSR count). The molecule has 1 N–H and O–H groups in total. The standard InChI is InChI=1S/C12H15F3N2O2/c1-17-9-3-2-7(11(18)19)6-8(9)16-10(17)4-5-12(13,14)15/h7H,2-6H2,1H3,(H,18,19). The predicted octanol–water partition coefficient (Wildman–Crippen LogP) is 2.10. The molecule has 1 aromatic rings. The van der Waals surface area contributed by atoms with Crippen molar-refractivity contribution in [3.63, 3.8) is 0 Å². The normalized spacial score (nSPS) is 19.3. The molecule has 0 spiro atoms. The van der Waals surface area contributed by atoms with Crippen LogP contribution in [0.5, 0.6) is 0 Å². The molecule has 0 fully saturated rings. The number of aryl methyl sites for hydroxylation is 1. The fourth-order valence-electron chi connectivity index (χ4n) is 2.45. The van der Waals surface area contributed by atoms with Crippen molar-refractivity contribution in [1.82, 2.24) is 9.55 Å². The van der Waals surface area contributed by atoms with E-state index in [0.29, 0.717) is 30.8 Å². The Hall–Kier alpha value is -1.53. The molecule has 19 heavy (non-hydrogen) atoms. The first-order valence-corrected chi connectivity index (χ1v) is 6.11. The van der Waals surface area contributed by atoms with Crippen LogP contribution < -0.4 is 0 Å². The third-order valence-electron chi connectivity index (χ3n) is 3.54. The molecule has 1 aromatic heterocycles. The van der Waals surface area contributed by atoms with Crippen LogP contribution >= 0.6 is 0 Å². The van der Waals surface area contributed by atoms with E-state index in [1.54, 1.807) is 11.6 Å². The summed E-state index contributed by atoms with van der Waals surface area (Å²) in [7, 11) is 1.69. The van der Waals surface area contributed by atoms with Crippen LogP contribution in [0.15, 0.2) is 0 Å². The number of carbonyl (C=O) groups is 1. The van der Waals surface area contributed by atoms with Crippen molar-refractivity contribution in [3.8, 4) is 0 Å². The second-order valence-electron chi connectivity index (χ2n) is 4.87. The number of imidazole rings is 1. The maximum atomic E-state index is 12.2. The Morgan fingerprint density at radius 3 is 2.79 bits per heavy atom. The van der Waals surface area contributed by atoms with Gasteiger partial charge in [0.2, 0.25) is 0 Å². The number of carboxylic acids is 1. The summed E-state index contributed by atoms with van der Waals surface area (Å²) in [5.41, 5.74) is 1.51. The molecule has 0 saturated carbocycles. The maximum absolute atomic E-state index is 12.2. The highest BCUT2D eigenvalue weighted by atomic mass is 19.4. The van der Waals surface area contributed by atoms with Crippen molar-refractivity contribution in [2.45, 2.75) is 38.3 Å². The lowest BCUT2D eigenvalue weighted by atomic mass is 9.90. The largest absolute Gasteiger partial charge is 0.481 e. The van der Waals surface area contributed by atoms with Crippen LogP contribution in [-0.4, -0.2) is 26.8 Å². The zero-order chi connectivity index (χ0) is 14.2. The molecule has 1 heterocycles. The minimum atomic E-state index is -4.20. The highest BCUT2D eigenvalue weighted by Gasteiger charge is 2.31. The van der Waals surface area contributed by atoms with E-state index in [-0.39, 0.29) is 6.42 Å². The first-order chi connectivity index (χ1) is 8.78. The fraction of sp³-hybridized carbons (Fsp3) is 0.667. The number of hydrogen-bond donors (Lipinski definition) is 1. The minimum Gasteiger partial charge on any atom is -0.481 e. The molecule has 0 saturated heterocycles. The number of nitrogens with zero attached hydrogens (tertiary/aromatic N) is 2. The summed E-state index contributed by atoms with van der Waals surface area (Å²) in [4.78, 5) is 15.1. The fourth-order valence-corrected chi connectivity index (χ4v) is 2.45. The Morgan fingerprint density at radius 2 is 2.21 bits per heavy atom. The van der Waals surface area contributed by atoms with Gasteiger partial charge in [-0.1, -0.05) is 0 Å². The Balaban J connectivity index is 2.15. The van der Waals surface area contributed by atoms with Crippen molar-refractivity contribution in [1.29, 1.82) is 0 Å². The third-order valence-corrected chi connectivity index (χ3v) is 3.54. The first-order valence-electron chi connectivity index (χ1n) is 6.11. The smallest absolute Gasteiger partial charge is 0.389 e. The second kappa shape index (κ2) is 4.86. The molecule has 7 heteroatoms. The zero-order valence-electron chi connectivity index (χ0n) is 10.5. The summed E-state index contributed by atoms with van der Waals surface area (Å²) in [6.45, 7) is 0. The number of aliphatic carboxylic acids is 1. The van der Waals surface area contributed by atoms with Crippen LogP contribution in [0.4, 0.5) is 13.2 Å². The number of rotatable bonds is 3. The molecule has 0 amide bonds. The Kier molecular flexibility index (Phi) is 3.56. The summed E-state index contributed by atoms with van der Waals surface area (Å²) < 4.78 is 38.3. The van der Waals surface area contributed by atoms with Gasteiger partial charge < -0.3 is 9.67 Å². The number of fused-ring (bicyclic) bond motifs is 1. The van der Waals surface area contributed by atoms with Crippen molar-refractivity contribution in [2.24, 2.45) is 13.0 Å². The maximum Gasteiger partial charge on any atom is 0.389 e. The summed E-state index contributed by atoms with van der Waals surface area (Å²) in [5.74, 6) is -0.959. The summed E-state index contributed by atoms with van der Waals surface area (Å²) >= 11 is 0. The molecular weight excluding hydrogens is 261 g/mol. The van der Waals surface area contributed by atoms with Crippen LogP contribution in [0.1, 0.15) is 30.1 Å². The van der Waals surface area contributed by atoms with Gasteiger partial charge in [0.25, 0.3) is 0 Å². The summed E-state index contributed by atoms with van der Waals surface area (Å²) in [6, 6.07) is 0. The molecule has 1 atom stereocenters. The van der Waals surface area contributed by atoms with Crippen LogP contribution in [0, 0.1) is 5.92 Å². The van der Waals surface area contributed by atoms with Gasteiger partial charge in [0.1, 0.15) is 5.82 Å². The van der Waals surface area contributed by atoms with Crippen molar-refractivity contribution in [3.05, 3.63) is 17.2 Å². The molecule has 0 aliphatic heterocycles. The van der Waals surface area contributed by atoms with E-state index in [2.05, 4.69) is 4.98 Å². The van der Waals surface area contributed by atoms with Crippen molar-refractivity contribution >= 4 is 5.97 Å². The molecule has 0 radical (unpaired) electrons. The van der Waals surface area contributed by atoms with E-state index in [1.165, 1.54) is 0 Å². The lowest BCUT2D eigenvalue weighted by Crippen LogP contribution is -2.22. The minimum absolute atomic E-state index is 0.162. The van der Waals surface area contributed by atoms with E-state index in [4.69, 9.17) is 5.11 Å². The van der Waals surface area contributed by atoms with Gasteiger partial charge in [0, 0.05) is 25.6 Å². The van der Waals surface area contributed by atoms with Crippen molar-refractivity contribution < 1.29 is 23.1 Å². The van der Waals surface area contributed by atoms with Crippen LogP contribution in [0.3, 0.4) is 0 Å².